The Balaban J connectivity index is 2.23. The van der Waals surface area contributed by atoms with E-state index in [1.165, 1.54) is 23.1 Å². The summed E-state index contributed by atoms with van der Waals surface area (Å²) >= 11 is 1.89. The second-order valence-corrected chi connectivity index (χ2v) is 4.66. The number of rotatable bonds is 4. The third-order valence-electron chi connectivity index (χ3n) is 2.55. The molecule has 0 aliphatic rings. The molecule has 2 aromatic rings. The van der Waals surface area contributed by atoms with Crippen molar-refractivity contribution >= 4 is 28.4 Å². The van der Waals surface area contributed by atoms with Crippen molar-refractivity contribution < 1.29 is 0 Å². The highest BCUT2D eigenvalue weighted by molar-refractivity contribution is 7.98. The molecule has 0 saturated heterocycles. The number of nitrogens with two attached hydrogens (primary N) is 1. The van der Waals surface area contributed by atoms with E-state index in [4.69, 9.17) is 5.73 Å². The molecule has 1 aromatic carbocycles. The largest absolute Gasteiger partial charge is 0.399 e. The Hall–Kier alpha value is -1.09. The minimum Gasteiger partial charge on any atom is -0.399 e. The Morgan fingerprint density at radius 2 is 2.20 bits per heavy atom. The van der Waals surface area contributed by atoms with Crippen LogP contribution >= 0.6 is 11.8 Å². The van der Waals surface area contributed by atoms with E-state index in [1.807, 2.05) is 17.8 Å². The molecular formula is C12H16N2S. The number of aromatic nitrogens is 1. The fraction of sp³-hybridized carbons (Fsp3) is 0.333. The monoisotopic (exact) mass is 220 g/mol. The van der Waals surface area contributed by atoms with Crippen LogP contribution in [0.5, 0.6) is 0 Å². The first-order valence-electron chi connectivity index (χ1n) is 5.14. The van der Waals surface area contributed by atoms with Gasteiger partial charge in [0.1, 0.15) is 0 Å². The van der Waals surface area contributed by atoms with Gasteiger partial charge in [-0.15, -0.1) is 0 Å². The van der Waals surface area contributed by atoms with Crippen LogP contribution in [-0.2, 0) is 6.54 Å². The minimum atomic E-state index is 0.840. The van der Waals surface area contributed by atoms with Crippen molar-refractivity contribution in [3.8, 4) is 0 Å². The zero-order valence-electron chi connectivity index (χ0n) is 8.94. The molecule has 3 heteroatoms. The molecule has 1 aromatic heterocycles. The highest BCUT2D eigenvalue weighted by atomic mass is 32.2. The molecule has 2 N–H and O–H groups in total. The molecule has 0 spiro atoms. The number of fused-ring (bicyclic) bond motifs is 1. The van der Waals surface area contributed by atoms with E-state index < -0.39 is 0 Å². The normalized spacial score (nSPS) is 11.0. The van der Waals surface area contributed by atoms with Gasteiger partial charge in [0.25, 0.3) is 0 Å². The molecule has 0 unspecified atom stereocenters. The van der Waals surface area contributed by atoms with Crippen molar-refractivity contribution in [3.05, 3.63) is 30.5 Å². The second-order valence-electron chi connectivity index (χ2n) is 3.67. The van der Waals surface area contributed by atoms with Crippen molar-refractivity contribution in [3.63, 3.8) is 0 Å². The molecule has 0 saturated carbocycles. The Bertz CT molecular complexity index is 448. The quantitative estimate of drug-likeness (QED) is 0.634. The molecule has 0 atom stereocenters. The molecule has 0 amide bonds. The average molecular weight is 220 g/mol. The lowest BCUT2D eigenvalue weighted by Crippen LogP contribution is -1.97. The Morgan fingerprint density at radius 1 is 1.33 bits per heavy atom. The molecule has 15 heavy (non-hydrogen) atoms. The maximum Gasteiger partial charge on any atom is 0.0500 e. The molecule has 0 aliphatic heterocycles. The van der Waals surface area contributed by atoms with Gasteiger partial charge in [0, 0.05) is 18.4 Å². The first-order valence-corrected chi connectivity index (χ1v) is 6.54. The van der Waals surface area contributed by atoms with E-state index in [0.717, 1.165) is 12.2 Å². The van der Waals surface area contributed by atoms with Gasteiger partial charge < -0.3 is 10.3 Å². The van der Waals surface area contributed by atoms with Gasteiger partial charge in [-0.05, 0) is 42.0 Å². The van der Waals surface area contributed by atoms with E-state index in [-0.39, 0.29) is 0 Å². The predicted molar refractivity (Wildman–Crippen MR) is 69.3 cm³/mol. The second kappa shape index (κ2) is 4.62. The molecule has 1 heterocycles. The average Bonchev–Trinajstić information content (AvgIpc) is 2.62. The van der Waals surface area contributed by atoms with Gasteiger partial charge in [-0.1, -0.05) is 6.07 Å². The number of thioether (sulfide) groups is 1. The van der Waals surface area contributed by atoms with Crippen molar-refractivity contribution in [2.75, 3.05) is 17.7 Å². The summed E-state index contributed by atoms with van der Waals surface area (Å²) in [7, 11) is 0. The van der Waals surface area contributed by atoms with Crippen molar-refractivity contribution in [2.24, 2.45) is 0 Å². The van der Waals surface area contributed by atoms with Crippen molar-refractivity contribution in [2.45, 2.75) is 13.0 Å². The lowest BCUT2D eigenvalue weighted by Gasteiger charge is -2.04. The van der Waals surface area contributed by atoms with Gasteiger partial charge in [-0.3, -0.25) is 0 Å². The summed E-state index contributed by atoms with van der Waals surface area (Å²) in [6.45, 7) is 1.08. The maximum absolute atomic E-state index is 5.79. The summed E-state index contributed by atoms with van der Waals surface area (Å²) in [5.74, 6) is 1.21. The minimum absolute atomic E-state index is 0.840. The Kier molecular flexibility index (Phi) is 3.21. The fourth-order valence-corrected chi connectivity index (χ4v) is 2.19. The van der Waals surface area contributed by atoms with Crippen LogP contribution in [0.1, 0.15) is 6.42 Å². The number of nitrogens with zero attached hydrogens (tertiary/aromatic N) is 1. The van der Waals surface area contributed by atoms with Crippen LogP contribution in [0, 0.1) is 0 Å². The molecule has 0 bridgehead atoms. The first kappa shape index (κ1) is 10.4. The standard InChI is InChI=1S/C12H16N2S/c1-15-8-2-6-14-7-5-10-3-4-11(13)9-12(10)14/h3-5,7,9H,2,6,8,13H2,1H3. The van der Waals surface area contributed by atoms with Crippen LogP contribution in [0.3, 0.4) is 0 Å². The SMILES string of the molecule is CSCCCn1ccc2ccc(N)cc21. The van der Waals surface area contributed by atoms with Crippen molar-refractivity contribution in [1.82, 2.24) is 4.57 Å². The number of nitrogen functional groups attached to an aromatic ring is 1. The van der Waals surface area contributed by atoms with Gasteiger partial charge in [0.15, 0.2) is 0 Å². The van der Waals surface area contributed by atoms with Crippen LogP contribution in [0.25, 0.3) is 10.9 Å². The zero-order chi connectivity index (χ0) is 10.7. The third kappa shape index (κ3) is 2.29. The lowest BCUT2D eigenvalue weighted by molar-refractivity contribution is 0.709. The van der Waals surface area contributed by atoms with Gasteiger partial charge in [-0.25, -0.2) is 0 Å². The van der Waals surface area contributed by atoms with E-state index in [9.17, 15) is 0 Å². The van der Waals surface area contributed by atoms with E-state index in [0.29, 0.717) is 0 Å². The van der Waals surface area contributed by atoms with E-state index >= 15 is 0 Å². The smallest absolute Gasteiger partial charge is 0.0500 e. The van der Waals surface area contributed by atoms with Crippen LogP contribution in [0.4, 0.5) is 5.69 Å². The van der Waals surface area contributed by atoms with Crippen LogP contribution < -0.4 is 5.73 Å². The number of anilines is 1. The predicted octanol–water partition coefficient (Wildman–Crippen LogP) is 2.98. The summed E-state index contributed by atoms with van der Waals surface area (Å²) < 4.78 is 2.28. The Morgan fingerprint density at radius 3 is 3.00 bits per heavy atom. The summed E-state index contributed by atoms with van der Waals surface area (Å²) in [5, 5.41) is 1.27. The van der Waals surface area contributed by atoms with Gasteiger partial charge in [0.05, 0.1) is 5.52 Å². The van der Waals surface area contributed by atoms with Gasteiger partial charge >= 0.3 is 0 Å². The topological polar surface area (TPSA) is 30.9 Å². The molecule has 0 fully saturated rings. The maximum atomic E-state index is 5.79. The summed E-state index contributed by atoms with van der Waals surface area (Å²) in [4.78, 5) is 0. The number of benzene rings is 1. The fourth-order valence-electron chi connectivity index (χ4n) is 1.78. The summed E-state index contributed by atoms with van der Waals surface area (Å²) in [6.07, 6.45) is 5.50. The highest BCUT2D eigenvalue weighted by Crippen LogP contribution is 2.19. The molecule has 2 rings (SSSR count). The van der Waals surface area contributed by atoms with Gasteiger partial charge in [0.2, 0.25) is 0 Å². The van der Waals surface area contributed by atoms with Crippen molar-refractivity contribution in [1.29, 1.82) is 0 Å². The van der Waals surface area contributed by atoms with E-state index in [1.54, 1.807) is 0 Å². The van der Waals surface area contributed by atoms with E-state index in [2.05, 4.69) is 35.2 Å². The summed E-state index contributed by atoms with van der Waals surface area (Å²) in [6, 6.07) is 8.23. The third-order valence-corrected chi connectivity index (χ3v) is 3.24. The van der Waals surface area contributed by atoms with Crippen LogP contribution in [0.2, 0.25) is 0 Å². The highest BCUT2D eigenvalue weighted by Gasteiger charge is 2.00. The molecule has 0 radical (unpaired) electrons. The molecular weight excluding hydrogens is 204 g/mol. The van der Waals surface area contributed by atoms with Crippen LogP contribution in [0.15, 0.2) is 30.5 Å². The lowest BCUT2D eigenvalue weighted by atomic mass is 10.2. The van der Waals surface area contributed by atoms with Crippen LogP contribution in [-0.4, -0.2) is 16.6 Å². The number of aryl methyl sites for hydroxylation is 1. The number of hydrogen-bond donors (Lipinski definition) is 1. The summed E-state index contributed by atoms with van der Waals surface area (Å²) in [5.41, 5.74) is 7.88. The zero-order valence-corrected chi connectivity index (χ0v) is 9.76. The van der Waals surface area contributed by atoms with Gasteiger partial charge in [-0.2, -0.15) is 11.8 Å². The molecule has 0 aliphatic carbocycles. The Labute approximate surface area is 94.5 Å². The molecule has 80 valence electrons. The molecule has 2 nitrogen and oxygen atoms in total. The first-order chi connectivity index (χ1) is 7.31. The number of hydrogen-bond acceptors (Lipinski definition) is 2.